The van der Waals surface area contributed by atoms with Crippen LogP contribution in [0.1, 0.15) is 86.8 Å². The van der Waals surface area contributed by atoms with E-state index in [2.05, 4.69) is 24.3 Å². The molecule has 174 valence electrons. The van der Waals surface area contributed by atoms with Crippen LogP contribution in [0.4, 0.5) is 5.69 Å². The van der Waals surface area contributed by atoms with Crippen LogP contribution in [0.5, 0.6) is 0 Å². The molecule has 2 aromatic carbocycles. The zero-order valence-electron chi connectivity index (χ0n) is 19.4. The summed E-state index contributed by atoms with van der Waals surface area (Å²) in [5.41, 5.74) is 4.16. The van der Waals surface area contributed by atoms with Crippen LogP contribution < -0.4 is 4.90 Å². The van der Waals surface area contributed by atoms with Crippen LogP contribution in [-0.4, -0.2) is 17.0 Å². The van der Waals surface area contributed by atoms with Crippen LogP contribution in [0.25, 0.3) is 6.08 Å². The average molecular weight is 446 g/mol. The molecule has 0 heterocycles. The van der Waals surface area contributed by atoms with Crippen molar-refractivity contribution < 1.29 is 14.7 Å². The number of carbonyl (C=O) groups is 2. The van der Waals surface area contributed by atoms with Gasteiger partial charge in [0.15, 0.2) is 0 Å². The van der Waals surface area contributed by atoms with Gasteiger partial charge in [0.25, 0.3) is 0 Å². The maximum absolute atomic E-state index is 13.6. The second kappa shape index (κ2) is 11.3. The Morgan fingerprint density at radius 1 is 0.879 bits per heavy atom. The molecule has 2 fully saturated rings. The molecule has 1 N–H and O–H groups in total. The normalized spacial score (nSPS) is 17.8. The van der Waals surface area contributed by atoms with Gasteiger partial charge in [0.1, 0.15) is 0 Å². The number of carbonyl (C=O) groups excluding carboxylic acids is 1. The first kappa shape index (κ1) is 23.3. The first-order valence-corrected chi connectivity index (χ1v) is 12.5. The van der Waals surface area contributed by atoms with Gasteiger partial charge in [-0.1, -0.05) is 74.9 Å². The van der Waals surface area contributed by atoms with E-state index in [1.807, 2.05) is 29.2 Å². The van der Waals surface area contributed by atoms with Crippen molar-refractivity contribution in [2.75, 3.05) is 4.90 Å². The highest BCUT2D eigenvalue weighted by Crippen LogP contribution is 2.33. The fourth-order valence-electron chi connectivity index (χ4n) is 5.34. The Kier molecular flexibility index (Phi) is 7.98. The van der Waals surface area contributed by atoms with Gasteiger partial charge in [-0.3, -0.25) is 4.79 Å². The topological polar surface area (TPSA) is 57.6 Å². The number of hydrogen-bond acceptors (Lipinski definition) is 2. The SMILES string of the molecule is O=C(O)C=Cc1cccc(N(Cc2ccc(C3CCCCC3)cc2)C(=O)C2CCCCC2)c1. The van der Waals surface area contributed by atoms with Crippen LogP contribution in [0.2, 0.25) is 0 Å². The lowest BCUT2D eigenvalue weighted by molar-refractivity contribution is -0.131. The van der Waals surface area contributed by atoms with Gasteiger partial charge in [0, 0.05) is 17.7 Å². The summed E-state index contributed by atoms with van der Waals surface area (Å²) < 4.78 is 0. The molecule has 4 nitrogen and oxygen atoms in total. The molecule has 0 atom stereocenters. The highest BCUT2D eigenvalue weighted by Gasteiger charge is 2.27. The van der Waals surface area contributed by atoms with E-state index >= 15 is 0 Å². The number of rotatable bonds is 7. The Morgan fingerprint density at radius 3 is 2.21 bits per heavy atom. The van der Waals surface area contributed by atoms with Gasteiger partial charge in [-0.2, -0.15) is 0 Å². The van der Waals surface area contributed by atoms with E-state index in [0.717, 1.165) is 48.6 Å². The van der Waals surface area contributed by atoms with Crippen LogP contribution in [-0.2, 0) is 16.1 Å². The van der Waals surface area contributed by atoms with Gasteiger partial charge in [0.2, 0.25) is 5.91 Å². The Morgan fingerprint density at radius 2 is 1.55 bits per heavy atom. The van der Waals surface area contributed by atoms with Crippen LogP contribution in [0.3, 0.4) is 0 Å². The lowest BCUT2D eigenvalue weighted by Crippen LogP contribution is -2.36. The predicted molar refractivity (Wildman–Crippen MR) is 133 cm³/mol. The van der Waals surface area contributed by atoms with Crippen molar-refractivity contribution in [1.29, 1.82) is 0 Å². The predicted octanol–water partition coefficient (Wildman–Crippen LogP) is 6.95. The molecule has 4 rings (SSSR count). The highest BCUT2D eigenvalue weighted by molar-refractivity contribution is 5.95. The quantitative estimate of drug-likeness (QED) is 0.469. The molecular formula is C29H35NO3. The third-order valence-electron chi connectivity index (χ3n) is 7.22. The molecule has 0 saturated heterocycles. The Hall–Kier alpha value is -2.88. The first-order chi connectivity index (χ1) is 16.1. The van der Waals surface area contributed by atoms with E-state index in [1.54, 1.807) is 6.08 Å². The summed E-state index contributed by atoms with van der Waals surface area (Å²) in [4.78, 5) is 26.5. The lowest BCUT2D eigenvalue weighted by Gasteiger charge is -2.30. The molecule has 4 heteroatoms. The summed E-state index contributed by atoms with van der Waals surface area (Å²) in [7, 11) is 0. The Bertz CT molecular complexity index is 967. The third-order valence-corrected chi connectivity index (χ3v) is 7.22. The minimum Gasteiger partial charge on any atom is -0.478 e. The number of amides is 1. The second-order valence-electron chi connectivity index (χ2n) is 9.60. The zero-order valence-corrected chi connectivity index (χ0v) is 19.4. The summed E-state index contributed by atoms with van der Waals surface area (Å²) in [5.74, 6) is -0.0528. The number of aliphatic carboxylic acids is 1. The van der Waals surface area contributed by atoms with E-state index in [0.29, 0.717) is 12.5 Å². The highest BCUT2D eigenvalue weighted by atomic mass is 16.4. The van der Waals surface area contributed by atoms with Crippen molar-refractivity contribution in [3.05, 3.63) is 71.3 Å². The van der Waals surface area contributed by atoms with Crippen molar-refractivity contribution in [2.24, 2.45) is 5.92 Å². The third kappa shape index (κ3) is 6.34. The zero-order chi connectivity index (χ0) is 23.0. The summed E-state index contributed by atoms with van der Waals surface area (Å²) in [6, 6.07) is 16.5. The number of hydrogen-bond donors (Lipinski definition) is 1. The fraction of sp³-hybridized carbons (Fsp3) is 0.448. The number of carboxylic acid groups (broad SMARTS) is 1. The van der Waals surface area contributed by atoms with Crippen molar-refractivity contribution in [1.82, 2.24) is 0 Å². The molecule has 2 aliphatic rings. The van der Waals surface area contributed by atoms with E-state index in [-0.39, 0.29) is 11.8 Å². The van der Waals surface area contributed by atoms with Gasteiger partial charge in [-0.15, -0.1) is 0 Å². The van der Waals surface area contributed by atoms with Crippen LogP contribution in [0.15, 0.2) is 54.6 Å². The van der Waals surface area contributed by atoms with E-state index in [1.165, 1.54) is 44.1 Å². The largest absolute Gasteiger partial charge is 0.478 e. The lowest BCUT2D eigenvalue weighted by atomic mass is 9.84. The summed E-state index contributed by atoms with van der Waals surface area (Å²) in [6.07, 6.45) is 14.6. The minimum absolute atomic E-state index is 0.0680. The van der Waals surface area contributed by atoms with Crippen LogP contribution in [0, 0.1) is 5.92 Å². The minimum atomic E-state index is -0.978. The standard InChI is InChI=1S/C29H35NO3/c31-28(32)19-16-22-8-7-13-27(20-22)30(29(33)26-11-5-2-6-12-26)21-23-14-17-25(18-15-23)24-9-3-1-4-10-24/h7-8,13-20,24,26H,1-6,9-12,21H2,(H,31,32). The molecule has 0 unspecified atom stereocenters. The van der Waals surface area contributed by atoms with Crippen molar-refractivity contribution >= 4 is 23.6 Å². The molecular weight excluding hydrogens is 410 g/mol. The molecule has 33 heavy (non-hydrogen) atoms. The Balaban J connectivity index is 1.57. The van der Waals surface area contributed by atoms with Gasteiger partial charge in [-0.25, -0.2) is 4.79 Å². The van der Waals surface area contributed by atoms with Gasteiger partial charge >= 0.3 is 5.97 Å². The number of carboxylic acids is 1. The van der Waals surface area contributed by atoms with Crippen LogP contribution >= 0.6 is 0 Å². The number of benzene rings is 2. The molecule has 0 radical (unpaired) electrons. The molecule has 0 spiro atoms. The van der Waals surface area contributed by atoms with Gasteiger partial charge < -0.3 is 10.0 Å². The van der Waals surface area contributed by atoms with E-state index in [9.17, 15) is 9.59 Å². The second-order valence-corrected chi connectivity index (χ2v) is 9.60. The van der Waals surface area contributed by atoms with E-state index in [4.69, 9.17) is 5.11 Å². The maximum Gasteiger partial charge on any atom is 0.328 e. The smallest absolute Gasteiger partial charge is 0.328 e. The molecule has 0 aliphatic heterocycles. The first-order valence-electron chi connectivity index (χ1n) is 12.5. The van der Waals surface area contributed by atoms with Crippen molar-refractivity contribution in [3.8, 4) is 0 Å². The molecule has 0 bridgehead atoms. The average Bonchev–Trinajstić information content (AvgIpc) is 2.87. The molecule has 2 aromatic rings. The van der Waals surface area contributed by atoms with E-state index < -0.39 is 5.97 Å². The van der Waals surface area contributed by atoms with Gasteiger partial charge in [0.05, 0.1) is 6.54 Å². The van der Waals surface area contributed by atoms with Crippen molar-refractivity contribution in [2.45, 2.75) is 76.7 Å². The fourth-order valence-corrected chi connectivity index (χ4v) is 5.34. The molecule has 2 saturated carbocycles. The Labute approximate surface area is 197 Å². The maximum atomic E-state index is 13.6. The number of anilines is 1. The summed E-state index contributed by atoms with van der Waals surface area (Å²) in [6.45, 7) is 0.534. The molecule has 2 aliphatic carbocycles. The van der Waals surface area contributed by atoms with Crippen molar-refractivity contribution in [3.63, 3.8) is 0 Å². The molecule has 1 amide bonds. The number of nitrogens with zero attached hydrogens (tertiary/aromatic N) is 1. The summed E-state index contributed by atoms with van der Waals surface area (Å²) >= 11 is 0. The van der Waals surface area contributed by atoms with Gasteiger partial charge in [-0.05, 0) is 66.5 Å². The molecule has 0 aromatic heterocycles. The summed E-state index contributed by atoms with van der Waals surface area (Å²) in [5, 5.41) is 8.97. The monoisotopic (exact) mass is 445 g/mol.